The number of nitrogens with zero attached hydrogens (tertiary/aromatic N) is 1. The molecule has 0 amide bonds. The third-order valence-electron chi connectivity index (χ3n) is 3.18. The first kappa shape index (κ1) is 13.9. The van der Waals surface area contributed by atoms with Crippen molar-refractivity contribution in [2.24, 2.45) is 5.92 Å². The highest BCUT2D eigenvalue weighted by atomic mass is 32.2. The average Bonchev–Trinajstić information content (AvgIpc) is 2.74. The van der Waals surface area contributed by atoms with Crippen LogP contribution in [0.5, 0.6) is 0 Å². The van der Waals surface area contributed by atoms with Gasteiger partial charge in [0.1, 0.15) is 0 Å². The van der Waals surface area contributed by atoms with E-state index in [-0.39, 0.29) is 16.9 Å². The lowest BCUT2D eigenvalue weighted by atomic mass is 10.1. The maximum absolute atomic E-state index is 12.2. The molecule has 0 aromatic heterocycles. The molecule has 0 bridgehead atoms. The summed E-state index contributed by atoms with van der Waals surface area (Å²) in [5, 5.41) is 13.9. The van der Waals surface area contributed by atoms with E-state index in [0.717, 1.165) is 6.54 Å². The summed E-state index contributed by atoms with van der Waals surface area (Å²) < 4.78 is 27.0. The molecule has 0 spiro atoms. The van der Waals surface area contributed by atoms with Crippen LogP contribution in [0, 0.1) is 16.0 Å². The van der Waals surface area contributed by atoms with Gasteiger partial charge in [0.15, 0.2) is 4.90 Å². The van der Waals surface area contributed by atoms with Gasteiger partial charge >= 0.3 is 0 Å². The van der Waals surface area contributed by atoms with Gasteiger partial charge in [-0.15, -0.1) is 0 Å². The second-order valence-corrected chi connectivity index (χ2v) is 6.27. The molecule has 0 unspecified atom stereocenters. The van der Waals surface area contributed by atoms with Crippen LogP contribution in [0.2, 0.25) is 0 Å². The molecular formula is C11H15N3O4S. The highest BCUT2D eigenvalue weighted by molar-refractivity contribution is 7.89. The van der Waals surface area contributed by atoms with Gasteiger partial charge < -0.3 is 5.32 Å². The minimum atomic E-state index is -3.88. The van der Waals surface area contributed by atoms with Gasteiger partial charge in [0, 0.05) is 18.7 Å². The van der Waals surface area contributed by atoms with Crippen LogP contribution in [-0.4, -0.2) is 32.5 Å². The predicted octanol–water partition coefficient (Wildman–Crippen LogP) is 0.481. The number of sulfonamides is 1. The largest absolute Gasteiger partial charge is 0.315 e. The molecule has 7 nitrogen and oxygen atoms in total. The number of para-hydroxylation sites is 1. The molecule has 1 aromatic rings. The summed E-state index contributed by atoms with van der Waals surface area (Å²) in [5.41, 5.74) is -0.409. The summed E-state index contributed by atoms with van der Waals surface area (Å²) in [7, 11) is -3.88. The van der Waals surface area contributed by atoms with Crippen molar-refractivity contribution in [1.29, 1.82) is 0 Å². The van der Waals surface area contributed by atoms with Gasteiger partial charge in [-0.3, -0.25) is 10.1 Å². The Balaban J connectivity index is 2.32. The molecule has 2 rings (SSSR count). The molecule has 0 saturated carbocycles. The molecule has 1 aromatic carbocycles. The summed E-state index contributed by atoms with van der Waals surface area (Å²) in [4.78, 5) is 9.89. The van der Waals surface area contributed by atoms with Crippen molar-refractivity contribution in [2.75, 3.05) is 13.1 Å². The Labute approximate surface area is 111 Å². The fourth-order valence-corrected chi connectivity index (χ4v) is 3.58. The van der Waals surface area contributed by atoms with Crippen molar-refractivity contribution in [1.82, 2.24) is 10.0 Å². The fraction of sp³-hybridized carbons (Fsp3) is 0.455. The topological polar surface area (TPSA) is 101 Å². The molecule has 1 aliphatic heterocycles. The normalized spacial score (nSPS) is 23.4. The van der Waals surface area contributed by atoms with Crippen molar-refractivity contribution in [3.8, 4) is 0 Å². The second-order valence-electron chi connectivity index (χ2n) is 4.59. The van der Waals surface area contributed by atoms with Crippen LogP contribution in [-0.2, 0) is 10.0 Å². The van der Waals surface area contributed by atoms with E-state index in [1.54, 1.807) is 0 Å². The highest BCUT2D eigenvalue weighted by Crippen LogP contribution is 2.23. The second kappa shape index (κ2) is 5.24. The van der Waals surface area contributed by atoms with E-state index in [1.165, 1.54) is 24.3 Å². The smallest absolute Gasteiger partial charge is 0.289 e. The summed E-state index contributed by atoms with van der Waals surface area (Å²) >= 11 is 0. The lowest BCUT2D eigenvalue weighted by Gasteiger charge is -2.16. The van der Waals surface area contributed by atoms with Gasteiger partial charge in [-0.25, -0.2) is 13.1 Å². The first-order valence-electron chi connectivity index (χ1n) is 5.88. The number of rotatable bonds is 4. The maximum atomic E-state index is 12.2. The zero-order valence-corrected chi connectivity index (χ0v) is 11.2. The Morgan fingerprint density at radius 3 is 2.63 bits per heavy atom. The lowest BCUT2D eigenvalue weighted by molar-refractivity contribution is -0.387. The van der Waals surface area contributed by atoms with Crippen LogP contribution in [0.3, 0.4) is 0 Å². The number of hydrogen-bond donors (Lipinski definition) is 2. The number of nitro groups is 1. The van der Waals surface area contributed by atoms with E-state index in [4.69, 9.17) is 0 Å². The predicted molar refractivity (Wildman–Crippen MR) is 69.2 cm³/mol. The average molecular weight is 285 g/mol. The molecule has 19 heavy (non-hydrogen) atoms. The molecule has 2 atom stereocenters. The van der Waals surface area contributed by atoms with Crippen molar-refractivity contribution in [3.05, 3.63) is 34.4 Å². The monoisotopic (exact) mass is 285 g/mol. The number of hydrogen-bond acceptors (Lipinski definition) is 5. The standard InChI is InChI=1S/C11H15N3O4S/c1-8-6-12-7-9(8)13-19(17,18)11-5-3-2-4-10(11)14(15)16/h2-5,8-9,12-13H,6-7H2,1H3/t8-,9-/m1/s1. The highest BCUT2D eigenvalue weighted by Gasteiger charge is 2.31. The molecule has 104 valence electrons. The number of benzene rings is 1. The number of nitrogens with one attached hydrogen (secondary N) is 2. The summed E-state index contributed by atoms with van der Waals surface area (Å²) in [6, 6.07) is 5.09. The van der Waals surface area contributed by atoms with Crippen LogP contribution < -0.4 is 10.0 Å². The van der Waals surface area contributed by atoms with E-state index in [9.17, 15) is 18.5 Å². The van der Waals surface area contributed by atoms with Crippen LogP contribution in [0.25, 0.3) is 0 Å². The van der Waals surface area contributed by atoms with Gasteiger partial charge in [0.25, 0.3) is 5.69 Å². The van der Waals surface area contributed by atoms with E-state index < -0.39 is 20.6 Å². The first-order valence-corrected chi connectivity index (χ1v) is 7.36. The van der Waals surface area contributed by atoms with Gasteiger partial charge in [-0.1, -0.05) is 19.1 Å². The third-order valence-corrected chi connectivity index (χ3v) is 4.71. The molecule has 1 fully saturated rings. The van der Waals surface area contributed by atoms with Crippen molar-refractivity contribution in [2.45, 2.75) is 17.9 Å². The summed E-state index contributed by atoms with van der Waals surface area (Å²) in [6.45, 7) is 3.18. The van der Waals surface area contributed by atoms with Gasteiger partial charge in [0.2, 0.25) is 10.0 Å². The molecule has 1 saturated heterocycles. The molecule has 1 aliphatic rings. The van der Waals surface area contributed by atoms with E-state index in [2.05, 4.69) is 10.0 Å². The van der Waals surface area contributed by atoms with E-state index in [1.807, 2.05) is 6.92 Å². The zero-order chi connectivity index (χ0) is 14.0. The minimum Gasteiger partial charge on any atom is -0.315 e. The Morgan fingerprint density at radius 1 is 1.37 bits per heavy atom. The molecule has 0 aliphatic carbocycles. The Hall–Kier alpha value is -1.51. The quantitative estimate of drug-likeness (QED) is 0.619. The van der Waals surface area contributed by atoms with Crippen LogP contribution in [0.15, 0.2) is 29.2 Å². The first-order chi connectivity index (χ1) is 8.92. The Kier molecular flexibility index (Phi) is 3.83. The molecule has 8 heteroatoms. The SMILES string of the molecule is C[C@@H]1CNC[C@H]1NS(=O)(=O)c1ccccc1[N+](=O)[O-]. The van der Waals surface area contributed by atoms with Crippen molar-refractivity contribution >= 4 is 15.7 Å². The van der Waals surface area contributed by atoms with Crippen LogP contribution in [0.4, 0.5) is 5.69 Å². The molecule has 1 heterocycles. The van der Waals surface area contributed by atoms with E-state index in [0.29, 0.717) is 6.54 Å². The van der Waals surface area contributed by atoms with Crippen LogP contribution in [0.1, 0.15) is 6.92 Å². The van der Waals surface area contributed by atoms with E-state index >= 15 is 0 Å². The fourth-order valence-electron chi connectivity index (χ4n) is 2.07. The van der Waals surface area contributed by atoms with Gasteiger partial charge in [-0.05, 0) is 18.5 Å². The van der Waals surface area contributed by atoms with Gasteiger partial charge in [-0.2, -0.15) is 0 Å². The van der Waals surface area contributed by atoms with Crippen LogP contribution >= 0.6 is 0 Å². The number of nitro benzene ring substituents is 1. The van der Waals surface area contributed by atoms with Crippen molar-refractivity contribution in [3.63, 3.8) is 0 Å². The minimum absolute atomic E-state index is 0.151. The third kappa shape index (κ3) is 2.91. The van der Waals surface area contributed by atoms with Gasteiger partial charge in [0.05, 0.1) is 4.92 Å². The summed E-state index contributed by atoms with van der Waals surface area (Å²) in [6.07, 6.45) is 0. The molecule has 2 N–H and O–H groups in total. The maximum Gasteiger partial charge on any atom is 0.289 e. The zero-order valence-electron chi connectivity index (χ0n) is 10.4. The molecular weight excluding hydrogens is 270 g/mol. The van der Waals surface area contributed by atoms with Crippen molar-refractivity contribution < 1.29 is 13.3 Å². The Bertz CT molecular complexity index is 587. The Morgan fingerprint density at radius 2 is 2.05 bits per heavy atom. The lowest BCUT2D eigenvalue weighted by Crippen LogP contribution is -2.39. The molecule has 0 radical (unpaired) electrons. The summed E-state index contributed by atoms with van der Waals surface area (Å²) in [5.74, 6) is 0.151.